The maximum absolute atomic E-state index is 13.2. The summed E-state index contributed by atoms with van der Waals surface area (Å²) in [6, 6.07) is 5.90. The minimum absolute atomic E-state index is 0. The van der Waals surface area contributed by atoms with E-state index >= 15 is 0 Å². The molecular weight excluding hydrogens is 373 g/mol. The van der Waals surface area contributed by atoms with Gasteiger partial charge >= 0.3 is 6.18 Å². The maximum Gasteiger partial charge on any atom is 0.418 e. The number of aryl methyl sites for hydroxylation is 1. The Balaban J connectivity index is 0.00000338. The number of hydrogen-bond acceptors (Lipinski definition) is 4. The highest BCUT2D eigenvalue weighted by Gasteiger charge is 2.34. The zero-order chi connectivity index (χ0) is 18.6. The van der Waals surface area contributed by atoms with Crippen molar-refractivity contribution in [1.82, 2.24) is 15.1 Å². The van der Waals surface area contributed by atoms with Gasteiger partial charge in [-0.05, 0) is 32.0 Å². The number of nitrogens with two attached hydrogens (primary N) is 1. The average Bonchev–Trinajstić information content (AvgIpc) is 2.54. The molecular formula is C16H18ClF3N4O2. The zero-order valence-electron chi connectivity index (χ0n) is 13.8. The van der Waals surface area contributed by atoms with E-state index in [0.717, 1.165) is 16.8 Å². The monoisotopic (exact) mass is 390 g/mol. The first kappa shape index (κ1) is 21.7. The number of nitrogens with one attached hydrogen (secondary N) is 1. The predicted octanol–water partition coefficient (Wildman–Crippen LogP) is 2.06. The van der Waals surface area contributed by atoms with Crippen molar-refractivity contribution in [2.45, 2.75) is 19.5 Å². The van der Waals surface area contributed by atoms with Crippen LogP contribution in [0.25, 0.3) is 5.69 Å². The number of carbonyl (C=O) groups is 1. The molecule has 26 heavy (non-hydrogen) atoms. The van der Waals surface area contributed by atoms with Crippen molar-refractivity contribution in [2.75, 3.05) is 13.1 Å². The van der Waals surface area contributed by atoms with Crippen LogP contribution in [-0.4, -0.2) is 28.8 Å². The van der Waals surface area contributed by atoms with Crippen LogP contribution in [0, 0.1) is 6.92 Å². The summed E-state index contributed by atoms with van der Waals surface area (Å²) < 4.78 is 40.6. The number of carbonyl (C=O) groups excluding carboxylic acids is 1. The number of aromatic nitrogens is 2. The third-order valence-corrected chi connectivity index (χ3v) is 3.43. The van der Waals surface area contributed by atoms with E-state index in [2.05, 4.69) is 10.4 Å². The highest BCUT2D eigenvalue weighted by Crippen LogP contribution is 2.33. The summed E-state index contributed by atoms with van der Waals surface area (Å²) >= 11 is 0. The summed E-state index contributed by atoms with van der Waals surface area (Å²) in [6.45, 7) is 2.03. The molecule has 142 valence electrons. The Morgan fingerprint density at radius 1 is 1.31 bits per heavy atom. The Labute approximate surface area is 153 Å². The molecule has 2 aromatic rings. The highest BCUT2D eigenvalue weighted by molar-refractivity contribution is 5.92. The smallest absolute Gasteiger partial charge is 0.350 e. The molecule has 0 unspecified atom stereocenters. The van der Waals surface area contributed by atoms with Crippen LogP contribution in [-0.2, 0) is 6.18 Å². The van der Waals surface area contributed by atoms with Gasteiger partial charge in [0.1, 0.15) is 0 Å². The third-order valence-electron chi connectivity index (χ3n) is 3.43. The van der Waals surface area contributed by atoms with Crippen LogP contribution in [0.4, 0.5) is 13.2 Å². The fraction of sp³-hybridized carbons (Fsp3) is 0.312. The number of para-hydroxylation sites is 1. The zero-order valence-corrected chi connectivity index (χ0v) is 14.7. The number of benzene rings is 1. The van der Waals surface area contributed by atoms with Gasteiger partial charge in [-0.25, -0.2) is 4.68 Å². The fourth-order valence-corrected chi connectivity index (χ4v) is 2.23. The van der Waals surface area contributed by atoms with Gasteiger partial charge in [-0.2, -0.15) is 18.3 Å². The van der Waals surface area contributed by atoms with Crippen molar-refractivity contribution in [3.63, 3.8) is 0 Å². The normalized spacial score (nSPS) is 11.0. The van der Waals surface area contributed by atoms with Crippen LogP contribution < -0.4 is 16.5 Å². The van der Waals surface area contributed by atoms with Crippen molar-refractivity contribution in [2.24, 2.45) is 5.73 Å². The molecule has 1 amide bonds. The molecule has 1 heterocycles. The van der Waals surface area contributed by atoms with E-state index in [1.807, 2.05) is 0 Å². The second kappa shape index (κ2) is 8.81. The molecule has 0 fully saturated rings. The van der Waals surface area contributed by atoms with E-state index in [-0.39, 0.29) is 30.3 Å². The van der Waals surface area contributed by atoms with Crippen LogP contribution in [0.1, 0.15) is 28.2 Å². The molecule has 3 N–H and O–H groups in total. The van der Waals surface area contributed by atoms with Gasteiger partial charge in [0.2, 0.25) is 5.43 Å². The van der Waals surface area contributed by atoms with Crippen molar-refractivity contribution in [3.05, 3.63) is 57.5 Å². The Morgan fingerprint density at radius 2 is 1.96 bits per heavy atom. The van der Waals surface area contributed by atoms with Crippen LogP contribution in [0.15, 0.2) is 35.1 Å². The lowest BCUT2D eigenvalue weighted by Gasteiger charge is -2.16. The van der Waals surface area contributed by atoms with Crippen LogP contribution in [0.5, 0.6) is 0 Å². The quantitative estimate of drug-likeness (QED) is 0.765. The molecule has 1 aromatic heterocycles. The van der Waals surface area contributed by atoms with Crippen molar-refractivity contribution < 1.29 is 18.0 Å². The van der Waals surface area contributed by atoms with E-state index in [1.54, 1.807) is 0 Å². The van der Waals surface area contributed by atoms with Gasteiger partial charge < -0.3 is 11.1 Å². The van der Waals surface area contributed by atoms with Gasteiger partial charge in [0.05, 0.1) is 11.3 Å². The summed E-state index contributed by atoms with van der Waals surface area (Å²) in [7, 11) is 0. The molecule has 0 bridgehead atoms. The fourth-order valence-electron chi connectivity index (χ4n) is 2.23. The first-order valence-electron chi connectivity index (χ1n) is 7.51. The lowest BCUT2D eigenvalue weighted by molar-refractivity contribution is -0.137. The molecule has 2 rings (SSSR count). The predicted molar refractivity (Wildman–Crippen MR) is 92.8 cm³/mol. The molecule has 0 aliphatic rings. The van der Waals surface area contributed by atoms with Crippen molar-refractivity contribution in [1.29, 1.82) is 0 Å². The first-order valence-corrected chi connectivity index (χ1v) is 7.51. The van der Waals surface area contributed by atoms with Crippen LogP contribution in [0.2, 0.25) is 0 Å². The standard InChI is InChI=1S/C16H17F3N4O2.ClH/c1-10-9-13(24)14(15(25)21-8-4-7-20)22-23(10)12-6-3-2-5-11(12)16(17,18)19;/h2-3,5-6,9H,4,7-8,20H2,1H3,(H,21,25);1H. The number of alkyl halides is 3. The van der Waals surface area contributed by atoms with E-state index < -0.39 is 28.8 Å². The summed E-state index contributed by atoms with van der Waals surface area (Å²) in [5, 5.41) is 6.32. The molecule has 0 saturated heterocycles. The Bertz CT molecular complexity index is 837. The number of rotatable bonds is 5. The maximum atomic E-state index is 13.2. The van der Waals surface area contributed by atoms with E-state index in [1.165, 1.54) is 25.1 Å². The lowest BCUT2D eigenvalue weighted by atomic mass is 10.1. The minimum Gasteiger partial charge on any atom is -0.350 e. The number of amides is 1. The molecule has 0 atom stereocenters. The average molecular weight is 391 g/mol. The molecule has 0 radical (unpaired) electrons. The minimum atomic E-state index is -4.60. The van der Waals surface area contributed by atoms with Gasteiger partial charge in [-0.3, -0.25) is 9.59 Å². The Kier molecular flexibility index (Phi) is 7.34. The molecule has 0 aliphatic heterocycles. The van der Waals surface area contributed by atoms with Gasteiger partial charge in [-0.15, -0.1) is 12.4 Å². The number of halogens is 4. The Morgan fingerprint density at radius 3 is 2.58 bits per heavy atom. The van der Waals surface area contributed by atoms with Gasteiger partial charge in [0.25, 0.3) is 5.91 Å². The number of hydrogen-bond donors (Lipinski definition) is 2. The lowest BCUT2D eigenvalue weighted by Crippen LogP contribution is -2.33. The summed E-state index contributed by atoms with van der Waals surface area (Å²) in [6.07, 6.45) is -4.10. The van der Waals surface area contributed by atoms with Gasteiger partial charge in [0, 0.05) is 18.3 Å². The second-order valence-corrected chi connectivity index (χ2v) is 5.32. The van der Waals surface area contributed by atoms with E-state index in [4.69, 9.17) is 5.73 Å². The molecule has 1 aromatic carbocycles. The van der Waals surface area contributed by atoms with Gasteiger partial charge in [-0.1, -0.05) is 12.1 Å². The molecule has 10 heteroatoms. The third kappa shape index (κ3) is 4.83. The SMILES string of the molecule is Cc1cc(=O)c(C(=O)NCCCN)nn1-c1ccccc1C(F)(F)F.Cl. The van der Waals surface area contributed by atoms with Crippen molar-refractivity contribution >= 4 is 18.3 Å². The largest absolute Gasteiger partial charge is 0.418 e. The van der Waals surface area contributed by atoms with Gasteiger partial charge in [0.15, 0.2) is 5.69 Å². The Hall–Kier alpha value is -2.39. The molecule has 6 nitrogen and oxygen atoms in total. The summed E-state index contributed by atoms with van der Waals surface area (Å²) in [5.74, 6) is -0.753. The van der Waals surface area contributed by atoms with E-state index in [9.17, 15) is 22.8 Å². The number of nitrogens with zero attached hydrogens (tertiary/aromatic N) is 2. The van der Waals surface area contributed by atoms with Crippen molar-refractivity contribution in [3.8, 4) is 5.69 Å². The van der Waals surface area contributed by atoms with Crippen LogP contribution in [0.3, 0.4) is 0 Å². The van der Waals surface area contributed by atoms with E-state index in [0.29, 0.717) is 13.0 Å². The highest BCUT2D eigenvalue weighted by atomic mass is 35.5. The summed E-state index contributed by atoms with van der Waals surface area (Å²) in [4.78, 5) is 24.1. The molecule has 0 saturated carbocycles. The topological polar surface area (TPSA) is 90.0 Å². The second-order valence-electron chi connectivity index (χ2n) is 5.32. The molecule has 0 aliphatic carbocycles. The first-order chi connectivity index (χ1) is 11.8. The van der Waals surface area contributed by atoms with Crippen LogP contribution >= 0.6 is 12.4 Å². The summed E-state index contributed by atoms with van der Waals surface area (Å²) in [5.41, 5.74) is 3.19. The molecule has 0 spiro atoms.